The van der Waals surface area contributed by atoms with Gasteiger partial charge in [-0.05, 0) is 48.6 Å². The Balaban J connectivity index is 1.60. The van der Waals surface area contributed by atoms with Crippen molar-refractivity contribution >= 4 is 17.9 Å². The summed E-state index contributed by atoms with van der Waals surface area (Å²) in [4.78, 5) is 0. The van der Waals surface area contributed by atoms with Gasteiger partial charge < -0.3 is 10.1 Å². The number of H-pyrrole nitrogens is 1. The molecule has 0 spiro atoms. The Labute approximate surface area is 126 Å². The Morgan fingerprint density at radius 3 is 2.52 bits per heavy atom. The van der Waals surface area contributed by atoms with Gasteiger partial charge in [0.1, 0.15) is 5.75 Å². The molecule has 2 aromatic carbocycles. The van der Waals surface area contributed by atoms with E-state index < -0.39 is 0 Å². The van der Waals surface area contributed by atoms with Gasteiger partial charge in [-0.15, -0.1) is 0 Å². The van der Waals surface area contributed by atoms with E-state index in [0.717, 1.165) is 17.1 Å². The molecule has 2 N–H and O–H groups in total. The monoisotopic (exact) mass is 299 g/mol. The van der Waals surface area contributed by atoms with E-state index in [1.807, 2.05) is 54.6 Å². The molecule has 0 radical (unpaired) electrons. The fourth-order valence-corrected chi connectivity index (χ4v) is 2.00. The Morgan fingerprint density at radius 2 is 1.86 bits per heavy atom. The van der Waals surface area contributed by atoms with Crippen LogP contribution in [0.5, 0.6) is 5.75 Å². The fraction of sp³-hybridized carbons (Fsp3) is 0.0714. The molecule has 3 aromatic rings. The van der Waals surface area contributed by atoms with E-state index in [4.69, 9.17) is 17.0 Å². The van der Waals surface area contributed by atoms with Crippen molar-refractivity contribution in [1.29, 1.82) is 0 Å². The smallest absolute Gasteiger partial charge is 0.242 e. The first kappa shape index (κ1) is 13.3. The molecule has 7 heteroatoms. The van der Waals surface area contributed by atoms with E-state index in [9.17, 15) is 0 Å². The van der Waals surface area contributed by atoms with Gasteiger partial charge >= 0.3 is 0 Å². The van der Waals surface area contributed by atoms with Gasteiger partial charge in [-0.2, -0.15) is 5.21 Å². The molecule has 0 amide bonds. The molecule has 0 saturated carbocycles. The normalized spacial score (nSPS) is 10.3. The second-order valence-corrected chi connectivity index (χ2v) is 4.61. The lowest BCUT2D eigenvalue weighted by molar-refractivity contribution is 0.347. The second-order valence-electron chi connectivity index (χ2n) is 4.24. The van der Waals surface area contributed by atoms with Gasteiger partial charge in [-0.25, -0.2) is 4.68 Å². The highest BCUT2D eigenvalue weighted by molar-refractivity contribution is 7.71. The molecular formula is C14H13N5OS. The standard InChI is InChI=1S/C14H13N5OS/c21-14-16-17-18-19(14)12-8-6-11(7-9-12)15-10-20-13-4-2-1-3-5-13/h1-9,15H,10H2,(H,16,18,21). The van der Waals surface area contributed by atoms with Crippen LogP contribution in [-0.4, -0.2) is 26.9 Å². The Morgan fingerprint density at radius 1 is 1.10 bits per heavy atom. The third-order valence-electron chi connectivity index (χ3n) is 2.86. The minimum Gasteiger partial charge on any atom is -0.473 e. The van der Waals surface area contributed by atoms with Crippen LogP contribution in [0.2, 0.25) is 0 Å². The highest BCUT2D eigenvalue weighted by Crippen LogP contribution is 2.13. The van der Waals surface area contributed by atoms with Crippen LogP contribution < -0.4 is 10.1 Å². The molecule has 6 nitrogen and oxygen atoms in total. The molecule has 106 valence electrons. The van der Waals surface area contributed by atoms with Gasteiger partial charge in [0.2, 0.25) is 4.77 Å². The van der Waals surface area contributed by atoms with E-state index in [-0.39, 0.29) is 0 Å². The van der Waals surface area contributed by atoms with Gasteiger partial charge in [-0.3, -0.25) is 0 Å². The highest BCUT2D eigenvalue weighted by atomic mass is 32.1. The summed E-state index contributed by atoms with van der Waals surface area (Å²) in [7, 11) is 0. The van der Waals surface area contributed by atoms with Crippen molar-refractivity contribution in [1.82, 2.24) is 20.2 Å². The quantitative estimate of drug-likeness (QED) is 0.560. The largest absolute Gasteiger partial charge is 0.473 e. The average molecular weight is 299 g/mol. The molecule has 0 unspecified atom stereocenters. The van der Waals surface area contributed by atoms with Crippen molar-refractivity contribution < 1.29 is 4.74 Å². The zero-order chi connectivity index (χ0) is 14.5. The molecule has 0 bridgehead atoms. The number of benzene rings is 2. The number of nitrogens with one attached hydrogen (secondary N) is 2. The van der Waals surface area contributed by atoms with Crippen molar-refractivity contribution in [3.05, 3.63) is 59.4 Å². The number of tetrazole rings is 1. The number of hydrogen-bond donors (Lipinski definition) is 2. The van der Waals surface area contributed by atoms with E-state index in [1.165, 1.54) is 0 Å². The SMILES string of the molecule is S=c1nn[nH]n1-c1ccc(NCOc2ccccc2)cc1. The molecule has 1 heterocycles. The molecule has 0 aliphatic rings. The molecule has 3 rings (SSSR count). The third kappa shape index (κ3) is 3.26. The van der Waals surface area contributed by atoms with E-state index in [1.54, 1.807) is 4.68 Å². The Hall–Kier alpha value is -2.67. The maximum Gasteiger partial charge on any atom is 0.242 e. The number of hydrogen-bond acceptors (Lipinski definition) is 5. The van der Waals surface area contributed by atoms with Crippen LogP contribution in [0.4, 0.5) is 5.69 Å². The molecule has 0 atom stereocenters. The summed E-state index contributed by atoms with van der Waals surface area (Å²) >= 11 is 5.05. The van der Waals surface area contributed by atoms with E-state index in [2.05, 4.69) is 20.8 Å². The summed E-state index contributed by atoms with van der Waals surface area (Å²) in [6.07, 6.45) is 0. The van der Waals surface area contributed by atoms with Crippen molar-refractivity contribution in [2.75, 3.05) is 12.0 Å². The maximum atomic E-state index is 5.57. The zero-order valence-electron chi connectivity index (χ0n) is 11.1. The Kier molecular flexibility index (Phi) is 3.92. The molecule has 0 fully saturated rings. The number of nitrogens with zero attached hydrogens (tertiary/aromatic N) is 3. The first-order chi connectivity index (χ1) is 10.3. The molecule has 0 saturated heterocycles. The van der Waals surface area contributed by atoms with Gasteiger partial charge in [0, 0.05) is 5.69 Å². The first-order valence-corrected chi connectivity index (χ1v) is 6.76. The lowest BCUT2D eigenvalue weighted by atomic mass is 10.3. The van der Waals surface area contributed by atoms with Crippen molar-refractivity contribution in [2.45, 2.75) is 0 Å². The summed E-state index contributed by atoms with van der Waals surface area (Å²) in [6, 6.07) is 17.4. The number of ether oxygens (including phenoxy) is 1. The van der Waals surface area contributed by atoms with Crippen LogP contribution in [0.15, 0.2) is 54.6 Å². The maximum absolute atomic E-state index is 5.57. The molecule has 21 heavy (non-hydrogen) atoms. The number of para-hydroxylation sites is 1. The summed E-state index contributed by atoms with van der Waals surface area (Å²) < 4.78 is 7.59. The highest BCUT2D eigenvalue weighted by Gasteiger charge is 2.00. The summed E-state index contributed by atoms with van der Waals surface area (Å²) in [5.41, 5.74) is 1.83. The molecular weight excluding hydrogens is 286 g/mol. The zero-order valence-corrected chi connectivity index (χ0v) is 11.9. The predicted octanol–water partition coefficient (Wildman–Crippen LogP) is 2.77. The van der Waals surface area contributed by atoms with Crippen LogP contribution in [0.25, 0.3) is 5.69 Å². The fourth-order valence-electron chi connectivity index (χ4n) is 1.81. The minimum absolute atomic E-state index is 0.392. The number of anilines is 1. The molecule has 1 aromatic heterocycles. The van der Waals surface area contributed by atoms with Gasteiger partial charge in [0.25, 0.3) is 0 Å². The van der Waals surface area contributed by atoms with E-state index >= 15 is 0 Å². The van der Waals surface area contributed by atoms with Gasteiger partial charge in [0.05, 0.1) is 5.69 Å². The minimum atomic E-state index is 0.392. The Bertz CT molecular complexity index is 751. The van der Waals surface area contributed by atoms with Crippen molar-refractivity contribution in [3.8, 4) is 11.4 Å². The molecule has 0 aliphatic carbocycles. The first-order valence-electron chi connectivity index (χ1n) is 6.35. The number of aromatic nitrogens is 4. The third-order valence-corrected chi connectivity index (χ3v) is 3.12. The predicted molar refractivity (Wildman–Crippen MR) is 82.1 cm³/mol. The van der Waals surface area contributed by atoms with Gasteiger partial charge in [-0.1, -0.05) is 28.5 Å². The topological polar surface area (TPSA) is 67.8 Å². The summed E-state index contributed by atoms with van der Waals surface area (Å²) in [5.74, 6) is 0.830. The van der Waals surface area contributed by atoms with E-state index in [0.29, 0.717) is 11.5 Å². The summed E-state index contributed by atoms with van der Waals surface area (Å²) in [6.45, 7) is 0.397. The second kappa shape index (κ2) is 6.19. The van der Waals surface area contributed by atoms with Crippen LogP contribution in [0, 0.1) is 4.77 Å². The average Bonchev–Trinajstić information content (AvgIpc) is 2.95. The molecule has 0 aliphatic heterocycles. The van der Waals surface area contributed by atoms with Crippen LogP contribution >= 0.6 is 12.2 Å². The number of aromatic amines is 1. The van der Waals surface area contributed by atoms with Crippen LogP contribution in [0.3, 0.4) is 0 Å². The van der Waals surface area contributed by atoms with Crippen molar-refractivity contribution in [3.63, 3.8) is 0 Å². The van der Waals surface area contributed by atoms with Crippen molar-refractivity contribution in [2.24, 2.45) is 0 Å². The van der Waals surface area contributed by atoms with Gasteiger partial charge in [0.15, 0.2) is 6.73 Å². The van der Waals surface area contributed by atoms with Crippen LogP contribution in [0.1, 0.15) is 0 Å². The summed E-state index contributed by atoms with van der Waals surface area (Å²) in [5, 5.41) is 13.3. The van der Waals surface area contributed by atoms with Crippen LogP contribution in [-0.2, 0) is 0 Å². The lowest BCUT2D eigenvalue weighted by Crippen LogP contribution is -2.08. The lowest BCUT2D eigenvalue weighted by Gasteiger charge is -2.09. The number of rotatable bonds is 5.